The van der Waals surface area contributed by atoms with Gasteiger partial charge in [0.1, 0.15) is 12.6 Å². The molecule has 1 aliphatic carbocycles. The van der Waals surface area contributed by atoms with Crippen molar-refractivity contribution in [3.63, 3.8) is 0 Å². The van der Waals surface area contributed by atoms with Crippen molar-refractivity contribution in [3.8, 4) is 0 Å². The quantitative estimate of drug-likeness (QED) is 0.370. The highest BCUT2D eigenvalue weighted by atomic mass is 16.6. The number of hydrogen-bond acceptors (Lipinski definition) is 4. The van der Waals surface area contributed by atoms with Gasteiger partial charge in [-0.25, -0.2) is 4.79 Å². The van der Waals surface area contributed by atoms with Crippen LogP contribution in [0.5, 0.6) is 0 Å². The number of para-hydroxylation sites is 1. The van der Waals surface area contributed by atoms with Crippen molar-refractivity contribution in [2.45, 2.75) is 31.2 Å². The molecule has 1 aromatic carbocycles. The number of nitrogens with one attached hydrogen (secondary N) is 1. The number of hydroxylamine groups is 3. The summed E-state index contributed by atoms with van der Waals surface area (Å²) in [6.07, 6.45) is 3.54. The molecule has 1 aromatic rings. The van der Waals surface area contributed by atoms with Gasteiger partial charge < -0.3 is 19.9 Å². The fourth-order valence-electron chi connectivity index (χ4n) is 5.87. The molecule has 2 saturated heterocycles. The van der Waals surface area contributed by atoms with Gasteiger partial charge in [0.05, 0.1) is 24.6 Å². The van der Waals surface area contributed by atoms with E-state index < -0.39 is 0 Å². The first-order valence-electron chi connectivity index (χ1n) is 8.97. The van der Waals surface area contributed by atoms with E-state index in [9.17, 15) is 10.0 Å². The van der Waals surface area contributed by atoms with E-state index in [0.717, 1.165) is 35.4 Å². The lowest BCUT2D eigenvalue weighted by Gasteiger charge is -2.55. The second-order valence-electron chi connectivity index (χ2n) is 7.67. The van der Waals surface area contributed by atoms with Gasteiger partial charge in [-0.3, -0.25) is 0 Å². The van der Waals surface area contributed by atoms with Crippen molar-refractivity contribution in [1.82, 2.24) is 0 Å². The fraction of sp³-hybridized carbons (Fsp3) is 0.450. The van der Waals surface area contributed by atoms with Gasteiger partial charge in [0.25, 0.3) is 0 Å². The lowest BCUT2D eigenvalue weighted by molar-refractivity contribution is -0.895. The first-order chi connectivity index (χ1) is 12.0. The summed E-state index contributed by atoms with van der Waals surface area (Å²) in [6.45, 7) is 3.06. The Bertz CT molecular complexity index is 858. The predicted molar refractivity (Wildman–Crippen MR) is 94.4 cm³/mol. The Morgan fingerprint density at radius 3 is 3.00 bits per heavy atom. The highest BCUT2D eigenvalue weighted by Gasteiger charge is 2.67. The summed E-state index contributed by atoms with van der Waals surface area (Å²) in [5.41, 5.74) is 4.58. The van der Waals surface area contributed by atoms with Crippen LogP contribution < -0.4 is 5.32 Å². The summed E-state index contributed by atoms with van der Waals surface area (Å²) in [7, 11) is 1.44. The lowest BCUT2D eigenvalue weighted by atomic mass is 9.61. The molecular formula is C20H22N2O3. The van der Waals surface area contributed by atoms with Gasteiger partial charge in [-0.15, -0.1) is 0 Å². The summed E-state index contributed by atoms with van der Waals surface area (Å²) >= 11 is 0. The van der Waals surface area contributed by atoms with Gasteiger partial charge >= 0.3 is 5.97 Å². The molecule has 1 N–H and O–H groups in total. The first kappa shape index (κ1) is 15.2. The largest absolute Gasteiger partial charge is 0.632 e. The van der Waals surface area contributed by atoms with E-state index in [-0.39, 0.29) is 28.0 Å². The number of allylic oxidation sites excluding steroid dienone is 1. The Kier molecular flexibility index (Phi) is 2.88. The number of esters is 1. The van der Waals surface area contributed by atoms with Crippen LogP contribution in [0, 0.1) is 11.1 Å². The molecule has 0 amide bonds. The molecule has 1 spiro atoms. The van der Waals surface area contributed by atoms with Crippen LogP contribution in [0.4, 0.5) is 5.69 Å². The average Bonchev–Trinajstić information content (AvgIpc) is 3.14. The van der Waals surface area contributed by atoms with E-state index in [1.54, 1.807) is 0 Å². The number of carbonyl (C=O) groups is 1. The first-order valence-corrected chi connectivity index (χ1v) is 8.97. The van der Waals surface area contributed by atoms with Crippen LogP contribution in [0.25, 0.3) is 0 Å². The normalized spacial score (nSPS) is 39.1. The molecule has 5 rings (SSSR count). The Balaban J connectivity index is 1.84. The van der Waals surface area contributed by atoms with E-state index in [1.807, 2.05) is 31.2 Å². The molecule has 3 aliphatic heterocycles. The van der Waals surface area contributed by atoms with Crippen LogP contribution in [0.3, 0.4) is 0 Å². The zero-order valence-corrected chi connectivity index (χ0v) is 14.5. The minimum absolute atomic E-state index is 0.00862. The van der Waals surface area contributed by atoms with Gasteiger partial charge in [0.2, 0.25) is 0 Å². The molecule has 25 heavy (non-hydrogen) atoms. The summed E-state index contributed by atoms with van der Waals surface area (Å²) < 4.78 is 5.00. The van der Waals surface area contributed by atoms with E-state index in [4.69, 9.17) is 4.74 Å². The number of ether oxygens (including phenoxy) is 1. The third-order valence-electron chi connectivity index (χ3n) is 6.89. The number of anilines is 1. The minimum Gasteiger partial charge on any atom is -0.632 e. The molecule has 0 saturated carbocycles. The van der Waals surface area contributed by atoms with Crippen LogP contribution in [0.1, 0.15) is 25.3 Å². The number of rotatable bonds is 1. The average molecular weight is 338 g/mol. The highest BCUT2D eigenvalue weighted by molar-refractivity contribution is 5.94. The van der Waals surface area contributed by atoms with Gasteiger partial charge in [-0.05, 0) is 24.1 Å². The number of quaternary nitrogens is 1. The van der Waals surface area contributed by atoms with Crippen molar-refractivity contribution in [2.24, 2.45) is 5.92 Å². The maximum atomic E-state index is 13.7. The van der Waals surface area contributed by atoms with E-state index in [0.29, 0.717) is 13.1 Å². The molecule has 5 nitrogen and oxygen atoms in total. The standard InChI is InChI=1S/C20H22N2O3/c1-3-12-11-22(24)9-8-20-14-6-4-5-7-15(14)21-18(20)17(19(23)25-2)13(12)10-16(20)22/h3-7,13,16,21H,8-11H2,1-2H3/b12-3-/t13-,16-,20?,22?/m0/s1. The number of benzene rings is 1. The van der Waals surface area contributed by atoms with Gasteiger partial charge in [-0.2, -0.15) is 0 Å². The third-order valence-corrected chi connectivity index (χ3v) is 6.89. The van der Waals surface area contributed by atoms with Gasteiger partial charge in [-0.1, -0.05) is 24.3 Å². The number of hydrogen-bond donors (Lipinski definition) is 1. The number of methoxy groups -OCH3 is 1. The predicted octanol–water partition coefficient (Wildman–Crippen LogP) is 2.84. The molecule has 130 valence electrons. The molecular weight excluding hydrogens is 316 g/mol. The maximum Gasteiger partial charge on any atom is 0.336 e. The van der Waals surface area contributed by atoms with Gasteiger partial charge in [0.15, 0.2) is 0 Å². The number of piperidine rings is 1. The minimum atomic E-state index is -0.363. The zero-order chi connectivity index (χ0) is 17.4. The zero-order valence-electron chi connectivity index (χ0n) is 14.5. The molecule has 2 fully saturated rings. The number of nitrogens with zero attached hydrogens (tertiary/aromatic N) is 1. The van der Waals surface area contributed by atoms with Crippen LogP contribution in [0.15, 0.2) is 47.2 Å². The van der Waals surface area contributed by atoms with E-state index >= 15 is 0 Å². The highest BCUT2D eigenvalue weighted by Crippen LogP contribution is 2.63. The van der Waals surface area contributed by atoms with Crippen molar-refractivity contribution in [2.75, 3.05) is 25.5 Å². The molecule has 4 atom stereocenters. The Labute approximate surface area is 147 Å². The molecule has 2 unspecified atom stereocenters. The second-order valence-corrected chi connectivity index (χ2v) is 7.67. The topological polar surface area (TPSA) is 61.4 Å². The van der Waals surface area contributed by atoms with Crippen LogP contribution >= 0.6 is 0 Å². The van der Waals surface area contributed by atoms with Crippen LogP contribution in [0.2, 0.25) is 0 Å². The monoisotopic (exact) mass is 338 g/mol. The van der Waals surface area contributed by atoms with E-state index in [1.165, 1.54) is 12.7 Å². The Hall–Kier alpha value is -2.11. The molecule has 2 bridgehead atoms. The molecule has 0 aromatic heterocycles. The van der Waals surface area contributed by atoms with Crippen molar-refractivity contribution in [3.05, 3.63) is 58.0 Å². The van der Waals surface area contributed by atoms with Crippen LogP contribution in [-0.4, -0.2) is 36.9 Å². The number of carbonyl (C=O) groups excluding carboxylic acids is 1. The van der Waals surface area contributed by atoms with Gasteiger partial charge in [0, 0.05) is 30.1 Å². The van der Waals surface area contributed by atoms with Crippen molar-refractivity contribution >= 4 is 11.7 Å². The molecule has 3 heterocycles. The second kappa shape index (κ2) is 4.74. The summed E-state index contributed by atoms with van der Waals surface area (Å²) in [5.74, 6) is -0.277. The summed E-state index contributed by atoms with van der Waals surface area (Å²) in [6, 6.07) is 8.16. The summed E-state index contributed by atoms with van der Waals surface area (Å²) in [5, 5.41) is 17.2. The molecule has 0 radical (unpaired) electrons. The maximum absolute atomic E-state index is 13.7. The summed E-state index contributed by atoms with van der Waals surface area (Å²) in [4.78, 5) is 12.7. The van der Waals surface area contributed by atoms with Crippen molar-refractivity contribution < 1.29 is 14.2 Å². The lowest BCUT2D eigenvalue weighted by Crippen LogP contribution is -2.60. The smallest absolute Gasteiger partial charge is 0.336 e. The number of fused-ring (bicyclic) bond motifs is 2. The molecule has 5 heteroatoms. The van der Waals surface area contributed by atoms with E-state index in [2.05, 4.69) is 11.4 Å². The Morgan fingerprint density at radius 1 is 1.44 bits per heavy atom. The van der Waals surface area contributed by atoms with Crippen LogP contribution in [-0.2, 0) is 14.9 Å². The third kappa shape index (κ3) is 1.63. The SMILES string of the molecule is C/C=C1/C[N+]2([O-])CCC34C(=C(C(=O)OC)[C@H]1C[C@@H]32)Nc1ccccc14. The fourth-order valence-corrected chi connectivity index (χ4v) is 5.87. The van der Waals surface area contributed by atoms with Crippen molar-refractivity contribution in [1.29, 1.82) is 0 Å². The molecule has 4 aliphatic rings. The Morgan fingerprint density at radius 2 is 2.24 bits per heavy atom.